The first-order valence-corrected chi connectivity index (χ1v) is 7.96. The van der Waals surface area contributed by atoms with Crippen molar-refractivity contribution in [1.82, 2.24) is 0 Å². The summed E-state index contributed by atoms with van der Waals surface area (Å²) in [5.41, 5.74) is -5.23. The van der Waals surface area contributed by atoms with Crippen molar-refractivity contribution in [3.63, 3.8) is 0 Å². The molecule has 0 saturated heterocycles. The fourth-order valence-electron chi connectivity index (χ4n) is 1.05. The van der Waals surface area contributed by atoms with Gasteiger partial charge >= 0.3 is 5.51 Å². The molecule has 0 radical (unpaired) electrons. The molecule has 0 rings (SSSR count). The number of alkyl halides is 3. The van der Waals surface area contributed by atoms with Crippen molar-refractivity contribution in [2.75, 3.05) is 11.5 Å². The van der Waals surface area contributed by atoms with E-state index >= 15 is 0 Å². The maximum atomic E-state index is 11.9. The Hall–Kier alpha value is -0.350. The maximum Gasteiger partial charge on any atom is 0.497 e. The van der Waals surface area contributed by atoms with Gasteiger partial charge in [-0.3, -0.25) is 4.55 Å². The monoisotopic (exact) mass is 298 g/mol. The molecule has 0 fully saturated rings. The number of unbranched alkanes of at least 4 members (excludes halogenated alkanes) is 3. The molecule has 10 heteroatoms. The van der Waals surface area contributed by atoms with Crippen LogP contribution in [0.1, 0.15) is 25.7 Å². The normalized spacial score (nSPS) is 13.9. The lowest BCUT2D eigenvalue weighted by Crippen LogP contribution is -2.26. The third-order valence-electron chi connectivity index (χ3n) is 1.92. The minimum atomic E-state index is -5.23. The highest BCUT2D eigenvalue weighted by Crippen LogP contribution is 2.24. The second kappa shape index (κ2) is 6.01. The summed E-state index contributed by atoms with van der Waals surface area (Å²) < 4.78 is 85.6. The van der Waals surface area contributed by atoms with Crippen molar-refractivity contribution in [3.05, 3.63) is 0 Å². The molecule has 5 nitrogen and oxygen atoms in total. The maximum absolute atomic E-state index is 11.9. The zero-order chi connectivity index (χ0) is 13.7. The minimum Gasteiger partial charge on any atom is -0.286 e. The molecule has 0 bridgehead atoms. The van der Waals surface area contributed by atoms with Gasteiger partial charge in [0.1, 0.15) is 0 Å². The van der Waals surface area contributed by atoms with Gasteiger partial charge in [0.25, 0.3) is 10.1 Å². The van der Waals surface area contributed by atoms with Crippen molar-refractivity contribution >= 4 is 20.0 Å². The van der Waals surface area contributed by atoms with Crippen molar-refractivity contribution in [3.8, 4) is 0 Å². The van der Waals surface area contributed by atoms with Crippen molar-refractivity contribution in [2.45, 2.75) is 31.2 Å². The molecule has 0 saturated carbocycles. The van der Waals surface area contributed by atoms with Crippen LogP contribution in [0.4, 0.5) is 13.2 Å². The van der Waals surface area contributed by atoms with Gasteiger partial charge in [0.15, 0.2) is 0 Å². The van der Waals surface area contributed by atoms with Gasteiger partial charge in [-0.05, 0) is 12.8 Å². The molecule has 17 heavy (non-hydrogen) atoms. The lowest BCUT2D eigenvalue weighted by Gasteiger charge is -2.07. The fraction of sp³-hybridized carbons (Fsp3) is 1.00. The van der Waals surface area contributed by atoms with E-state index in [1.165, 1.54) is 0 Å². The van der Waals surface area contributed by atoms with E-state index in [1.54, 1.807) is 0 Å². The summed E-state index contributed by atoms with van der Waals surface area (Å²) in [5, 5.41) is 0. The Morgan fingerprint density at radius 2 is 1.24 bits per heavy atom. The Morgan fingerprint density at radius 3 is 1.59 bits per heavy atom. The smallest absolute Gasteiger partial charge is 0.286 e. The predicted molar refractivity (Wildman–Crippen MR) is 54.7 cm³/mol. The topological polar surface area (TPSA) is 88.5 Å². The van der Waals surface area contributed by atoms with Crippen molar-refractivity contribution in [2.24, 2.45) is 0 Å². The molecule has 104 valence electrons. The van der Waals surface area contributed by atoms with Crippen LogP contribution in [-0.4, -0.2) is 38.4 Å². The Labute approximate surface area is 97.7 Å². The first-order chi connectivity index (χ1) is 7.46. The molecule has 0 atom stereocenters. The van der Waals surface area contributed by atoms with Gasteiger partial charge < -0.3 is 0 Å². The lowest BCUT2D eigenvalue weighted by atomic mass is 10.2. The summed E-state index contributed by atoms with van der Waals surface area (Å²) in [7, 11) is -9.14. The summed E-state index contributed by atoms with van der Waals surface area (Å²) >= 11 is 0. The van der Waals surface area contributed by atoms with E-state index in [9.17, 15) is 30.0 Å². The lowest BCUT2D eigenvalue weighted by molar-refractivity contribution is -0.0435. The van der Waals surface area contributed by atoms with Crippen LogP contribution >= 0.6 is 0 Å². The third-order valence-corrected chi connectivity index (χ3v) is 4.25. The van der Waals surface area contributed by atoms with Gasteiger partial charge in [-0.1, -0.05) is 12.8 Å². The van der Waals surface area contributed by atoms with E-state index < -0.39 is 37.0 Å². The molecule has 0 spiro atoms. The number of rotatable bonds is 7. The van der Waals surface area contributed by atoms with Crippen LogP contribution in [0, 0.1) is 0 Å². The van der Waals surface area contributed by atoms with E-state index in [0.717, 1.165) is 0 Å². The highest BCUT2D eigenvalue weighted by atomic mass is 32.2. The molecule has 0 aliphatic heterocycles. The van der Waals surface area contributed by atoms with Crippen LogP contribution in [0.25, 0.3) is 0 Å². The van der Waals surface area contributed by atoms with Gasteiger partial charge in [-0.25, -0.2) is 8.42 Å². The summed E-state index contributed by atoms with van der Waals surface area (Å²) in [6.45, 7) is 0. The Balaban J connectivity index is 3.81. The second-order valence-corrected chi connectivity index (χ2v) is 7.14. The average molecular weight is 298 g/mol. The van der Waals surface area contributed by atoms with Gasteiger partial charge in [0, 0.05) is 0 Å². The van der Waals surface area contributed by atoms with Gasteiger partial charge in [-0.2, -0.15) is 21.6 Å². The fourth-order valence-corrected chi connectivity index (χ4v) is 2.43. The van der Waals surface area contributed by atoms with Gasteiger partial charge in [-0.15, -0.1) is 0 Å². The molecule has 0 aliphatic rings. The van der Waals surface area contributed by atoms with Crippen LogP contribution in [-0.2, 0) is 20.0 Å². The minimum absolute atomic E-state index is 0.0882. The molecule has 0 heterocycles. The molecule has 1 N–H and O–H groups in total. The van der Waals surface area contributed by atoms with Crippen LogP contribution in [0.3, 0.4) is 0 Å². The summed E-state index contributed by atoms with van der Waals surface area (Å²) in [5.74, 6) is -1.47. The van der Waals surface area contributed by atoms with Crippen LogP contribution in [0.5, 0.6) is 0 Å². The first-order valence-electron chi connectivity index (χ1n) is 4.70. The zero-order valence-corrected chi connectivity index (χ0v) is 10.4. The standard InChI is InChI=1S/C7H13F3O5S2/c8-7(9,10)16(11,12)5-3-1-2-4-6-17(13,14)15/h1-6H2,(H,13,14,15). The third kappa shape index (κ3) is 7.55. The zero-order valence-electron chi connectivity index (χ0n) is 8.77. The molecule has 0 aromatic rings. The summed E-state index contributed by atoms with van der Waals surface area (Å²) in [4.78, 5) is 0. The Morgan fingerprint density at radius 1 is 0.824 bits per heavy atom. The van der Waals surface area contributed by atoms with E-state index in [-0.39, 0.29) is 25.7 Å². The van der Waals surface area contributed by atoms with Crippen LogP contribution in [0.15, 0.2) is 0 Å². The van der Waals surface area contributed by atoms with Gasteiger partial charge in [0.05, 0.1) is 11.5 Å². The molecule has 0 amide bonds. The van der Waals surface area contributed by atoms with Crippen LogP contribution in [0.2, 0.25) is 0 Å². The Bertz CT molecular complexity index is 423. The van der Waals surface area contributed by atoms with E-state index in [4.69, 9.17) is 4.55 Å². The van der Waals surface area contributed by atoms with Crippen molar-refractivity contribution < 1.29 is 34.6 Å². The molecular formula is C7H13F3O5S2. The van der Waals surface area contributed by atoms with Crippen LogP contribution < -0.4 is 0 Å². The van der Waals surface area contributed by atoms with E-state index in [0.29, 0.717) is 0 Å². The van der Waals surface area contributed by atoms with Gasteiger partial charge in [0.2, 0.25) is 9.84 Å². The quantitative estimate of drug-likeness (QED) is 0.566. The van der Waals surface area contributed by atoms with Crippen molar-refractivity contribution in [1.29, 1.82) is 0 Å². The predicted octanol–water partition coefficient (Wildman–Crippen LogP) is 1.37. The average Bonchev–Trinajstić information content (AvgIpc) is 2.07. The number of sulfone groups is 1. The number of hydrogen-bond donors (Lipinski definition) is 1. The molecule has 0 aromatic carbocycles. The molecular weight excluding hydrogens is 285 g/mol. The van der Waals surface area contributed by atoms with E-state index in [1.807, 2.05) is 0 Å². The summed E-state index contributed by atoms with van der Waals surface area (Å²) in [6, 6.07) is 0. The number of halogens is 3. The molecule has 0 aliphatic carbocycles. The largest absolute Gasteiger partial charge is 0.497 e. The SMILES string of the molecule is O=S(=O)(O)CCCCCCS(=O)(=O)C(F)(F)F. The number of hydrogen-bond acceptors (Lipinski definition) is 4. The second-order valence-electron chi connectivity index (χ2n) is 3.46. The first kappa shape index (κ1) is 16.6. The highest BCUT2D eigenvalue weighted by molar-refractivity contribution is 7.92. The highest BCUT2D eigenvalue weighted by Gasteiger charge is 2.44. The molecule has 0 aromatic heterocycles. The van der Waals surface area contributed by atoms with E-state index in [2.05, 4.69) is 0 Å². The Kier molecular flexibility index (Phi) is 5.88. The molecule has 0 unspecified atom stereocenters. The summed E-state index contributed by atoms with van der Waals surface area (Å²) in [6.07, 6.45) is 0.302.